The lowest BCUT2D eigenvalue weighted by molar-refractivity contribution is -0.150. The molecule has 0 saturated carbocycles. The minimum atomic E-state index is -0.716. The van der Waals surface area contributed by atoms with E-state index in [2.05, 4.69) is 0 Å². The highest BCUT2D eigenvalue weighted by atomic mass is 16.6. The van der Waals surface area contributed by atoms with Gasteiger partial charge in [0.1, 0.15) is 24.4 Å². The normalized spacial score (nSPS) is 44.2. The molecule has 0 amide bonds. The summed E-state index contributed by atoms with van der Waals surface area (Å²) in [4.78, 5) is 23.8. The maximum atomic E-state index is 11.9. The van der Waals surface area contributed by atoms with Crippen LogP contribution >= 0.6 is 0 Å². The van der Waals surface area contributed by atoms with Crippen LogP contribution in [-0.2, 0) is 38.0 Å². The molecular weight excluding hydrogens is 348 g/mol. The third-order valence-electron chi connectivity index (χ3n) is 5.13. The van der Waals surface area contributed by atoms with E-state index in [1.165, 1.54) is 0 Å². The van der Waals surface area contributed by atoms with E-state index in [1.54, 1.807) is 0 Å². The van der Waals surface area contributed by atoms with E-state index in [4.69, 9.17) is 28.4 Å². The topological polar surface area (TPSA) is 110 Å². The Kier molecular flexibility index (Phi) is 4.98. The van der Waals surface area contributed by atoms with Crippen molar-refractivity contribution in [2.45, 2.75) is 49.7 Å². The molecule has 9 nitrogen and oxygen atoms in total. The number of carbonyl (C=O) groups is 2. The lowest BCUT2D eigenvalue weighted by Gasteiger charge is -2.16. The average molecular weight is 370 g/mol. The van der Waals surface area contributed by atoms with Crippen molar-refractivity contribution >= 4 is 11.9 Å². The van der Waals surface area contributed by atoms with Crippen LogP contribution in [0.3, 0.4) is 0 Å². The van der Waals surface area contributed by atoms with Gasteiger partial charge in [-0.25, -0.2) is 9.59 Å². The van der Waals surface area contributed by atoms with Gasteiger partial charge in [0, 0.05) is 18.1 Å². The van der Waals surface area contributed by atoms with Crippen molar-refractivity contribution < 1.29 is 43.1 Å². The van der Waals surface area contributed by atoms with Crippen molar-refractivity contribution in [3.8, 4) is 0 Å². The van der Waals surface area contributed by atoms with Crippen LogP contribution in [0.5, 0.6) is 0 Å². The summed E-state index contributed by atoms with van der Waals surface area (Å²) in [5.41, 5.74) is 0. The zero-order valence-corrected chi connectivity index (χ0v) is 14.3. The third kappa shape index (κ3) is 3.37. The first kappa shape index (κ1) is 17.9. The van der Waals surface area contributed by atoms with E-state index in [9.17, 15) is 14.7 Å². The average Bonchev–Trinajstić information content (AvgIpc) is 3.35. The van der Waals surface area contributed by atoms with Crippen molar-refractivity contribution in [1.29, 1.82) is 0 Å². The summed E-state index contributed by atoms with van der Waals surface area (Å²) < 4.78 is 32.5. The van der Waals surface area contributed by atoms with E-state index in [-0.39, 0.29) is 37.9 Å². The van der Waals surface area contributed by atoms with Gasteiger partial charge in [0.25, 0.3) is 0 Å². The van der Waals surface area contributed by atoms with Crippen LogP contribution in [0.1, 0.15) is 6.92 Å². The molecule has 0 unspecified atom stereocenters. The number of hydrogen-bond donors (Lipinski definition) is 1. The van der Waals surface area contributed by atoms with E-state index in [1.807, 2.05) is 6.92 Å². The van der Waals surface area contributed by atoms with Gasteiger partial charge in [0.05, 0.1) is 32.5 Å². The van der Waals surface area contributed by atoms with Gasteiger partial charge >= 0.3 is 11.9 Å². The number of hydrogen-bond acceptors (Lipinski definition) is 9. The van der Waals surface area contributed by atoms with Gasteiger partial charge in [-0.05, 0) is 0 Å². The Morgan fingerprint density at radius 1 is 0.808 bits per heavy atom. The van der Waals surface area contributed by atoms with Crippen molar-refractivity contribution in [2.75, 3.05) is 26.4 Å². The Hall–Kier alpha value is -1.52. The Balaban J connectivity index is 1.24. The first-order valence-corrected chi connectivity index (χ1v) is 8.76. The van der Waals surface area contributed by atoms with E-state index in [0.717, 1.165) is 12.2 Å². The SMILES string of the molecule is C[C@@H]1CO[C@H]2[C@@H]1OC[C@@H]2OC(=O)/C=C\C(=O)O[C@@H]1CO[C@H]2[C@@H]1OC[C@@H]2O. The highest BCUT2D eigenvalue weighted by molar-refractivity contribution is 5.91. The van der Waals surface area contributed by atoms with Crippen molar-refractivity contribution in [3.05, 3.63) is 12.2 Å². The van der Waals surface area contributed by atoms with Gasteiger partial charge in [0.15, 0.2) is 12.2 Å². The zero-order valence-electron chi connectivity index (χ0n) is 14.3. The summed E-state index contributed by atoms with van der Waals surface area (Å²) in [7, 11) is 0. The van der Waals surface area contributed by atoms with Crippen LogP contribution in [0.4, 0.5) is 0 Å². The fraction of sp³-hybridized carbons (Fsp3) is 0.765. The summed E-state index contributed by atoms with van der Waals surface area (Å²) in [6.07, 6.45) is -1.05. The predicted molar refractivity (Wildman–Crippen MR) is 83.0 cm³/mol. The van der Waals surface area contributed by atoms with Gasteiger partial charge in [-0.3, -0.25) is 0 Å². The Bertz CT molecular complexity index is 541. The number of fused-ring (bicyclic) bond motifs is 2. The molecule has 0 aromatic carbocycles. The first-order chi connectivity index (χ1) is 12.5. The number of aliphatic hydroxyl groups excluding tert-OH is 1. The highest BCUT2D eigenvalue weighted by Gasteiger charge is 2.49. The van der Waals surface area contributed by atoms with Crippen LogP contribution in [0, 0.1) is 5.92 Å². The quantitative estimate of drug-likeness (QED) is 0.490. The van der Waals surface area contributed by atoms with Crippen molar-refractivity contribution in [1.82, 2.24) is 0 Å². The van der Waals surface area contributed by atoms with Crippen LogP contribution in [0.25, 0.3) is 0 Å². The molecule has 4 fully saturated rings. The van der Waals surface area contributed by atoms with Crippen molar-refractivity contribution in [3.63, 3.8) is 0 Å². The summed E-state index contributed by atoms with van der Waals surface area (Å²) in [6.45, 7) is 3.18. The predicted octanol–water partition coefficient (Wildman–Crippen LogP) is -1.04. The first-order valence-electron chi connectivity index (χ1n) is 8.76. The molecule has 4 heterocycles. The number of aliphatic hydroxyl groups is 1. The molecule has 1 N–H and O–H groups in total. The van der Waals surface area contributed by atoms with Crippen LogP contribution in [-0.4, -0.2) is 86.2 Å². The summed E-state index contributed by atoms with van der Waals surface area (Å²) in [6, 6.07) is 0. The Morgan fingerprint density at radius 3 is 1.96 bits per heavy atom. The number of rotatable bonds is 4. The molecule has 4 aliphatic rings. The Labute approximate surface area is 150 Å². The molecule has 4 saturated heterocycles. The van der Waals surface area contributed by atoms with Gasteiger partial charge in [-0.2, -0.15) is 0 Å². The van der Waals surface area contributed by atoms with E-state index >= 15 is 0 Å². The number of ether oxygens (including phenoxy) is 6. The Morgan fingerprint density at radius 2 is 1.31 bits per heavy atom. The lowest BCUT2D eigenvalue weighted by atomic mass is 10.0. The van der Waals surface area contributed by atoms with Crippen LogP contribution < -0.4 is 0 Å². The molecule has 0 radical (unpaired) electrons. The smallest absolute Gasteiger partial charge is 0.331 e. The zero-order chi connectivity index (χ0) is 18.3. The second-order valence-electron chi connectivity index (χ2n) is 7.02. The van der Waals surface area contributed by atoms with Gasteiger partial charge < -0.3 is 33.5 Å². The molecule has 4 rings (SSSR count). The minimum absolute atomic E-state index is 0.0566. The summed E-state index contributed by atoms with van der Waals surface area (Å²) in [5.74, 6) is -1.09. The maximum Gasteiger partial charge on any atom is 0.331 e. The standard InChI is InChI=1S/C17H22O9/c1-8-4-21-16-10(6-23-14(8)16)25-12(19)2-3-13(20)26-11-7-24-15-9(18)5-22-17(11)15/h2-3,8-11,14-18H,4-7H2,1H3/b3-2-/t8-,9+,10+,11-,14-,15-,16-,17-/m1/s1. The van der Waals surface area contributed by atoms with Crippen molar-refractivity contribution in [2.24, 2.45) is 5.92 Å². The molecule has 0 spiro atoms. The molecule has 0 aromatic heterocycles. The molecule has 144 valence electrons. The molecule has 4 aliphatic heterocycles. The van der Waals surface area contributed by atoms with Crippen LogP contribution in [0.15, 0.2) is 12.2 Å². The summed E-state index contributed by atoms with van der Waals surface area (Å²) >= 11 is 0. The molecule has 0 aliphatic carbocycles. The van der Waals surface area contributed by atoms with Gasteiger partial charge in [-0.15, -0.1) is 0 Å². The summed E-state index contributed by atoms with van der Waals surface area (Å²) in [5, 5.41) is 9.66. The largest absolute Gasteiger partial charge is 0.454 e. The number of carbonyl (C=O) groups excluding carboxylic acids is 2. The monoisotopic (exact) mass is 370 g/mol. The molecule has 0 bridgehead atoms. The van der Waals surface area contributed by atoms with Gasteiger partial charge in [-0.1, -0.05) is 6.92 Å². The minimum Gasteiger partial charge on any atom is -0.454 e. The third-order valence-corrected chi connectivity index (χ3v) is 5.13. The fourth-order valence-corrected chi connectivity index (χ4v) is 3.81. The second-order valence-corrected chi connectivity index (χ2v) is 7.02. The molecule has 9 heteroatoms. The van der Waals surface area contributed by atoms with Crippen LogP contribution in [0.2, 0.25) is 0 Å². The van der Waals surface area contributed by atoms with E-state index in [0.29, 0.717) is 6.61 Å². The molecule has 0 aromatic rings. The molecular formula is C17H22O9. The number of esters is 2. The highest BCUT2D eigenvalue weighted by Crippen LogP contribution is 2.32. The van der Waals surface area contributed by atoms with E-state index < -0.39 is 42.5 Å². The fourth-order valence-electron chi connectivity index (χ4n) is 3.81. The van der Waals surface area contributed by atoms with Gasteiger partial charge in [0.2, 0.25) is 0 Å². The molecule has 26 heavy (non-hydrogen) atoms. The lowest BCUT2D eigenvalue weighted by Crippen LogP contribution is -2.34. The maximum absolute atomic E-state index is 11.9. The second kappa shape index (κ2) is 7.24. The molecule has 8 atom stereocenters.